The Hall–Kier alpha value is -3.66. The van der Waals surface area contributed by atoms with Crippen molar-refractivity contribution in [3.63, 3.8) is 0 Å². The largest absolute Gasteiger partial charge is 0.497 e. The van der Waals surface area contributed by atoms with Crippen LogP contribution in [0, 0.1) is 0 Å². The predicted molar refractivity (Wildman–Crippen MR) is 132 cm³/mol. The number of benzene rings is 1. The molecule has 1 aromatic carbocycles. The molecule has 0 spiro atoms. The van der Waals surface area contributed by atoms with Crippen molar-refractivity contribution in [2.24, 2.45) is 0 Å². The molecule has 3 aromatic heterocycles. The standard InChI is InChI=1S/C24H28N6O3S/c1-25-22(31)7-5-3-4-6-18(30-24(32)21-13-26-14-34-21)23-27-12-20(29-23)19-11-15-10-16(33-2)8-9-17(15)28-19/h8-14,18,28H,3-7H2,1-2H3,(H,25,31)(H,27,29)(H,30,32). The SMILES string of the molecule is CNC(=O)CCCCCC(NC(=O)c1cncs1)c1ncc(-c2cc3cc(OC)ccc3[nH]2)[nH]1. The molecular formula is C24H28N6O3S. The van der Waals surface area contributed by atoms with Gasteiger partial charge in [0.15, 0.2) is 0 Å². The summed E-state index contributed by atoms with van der Waals surface area (Å²) in [7, 11) is 3.29. The number of hydrogen-bond acceptors (Lipinski definition) is 6. The van der Waals surface area contributed by atoms with Crippen LogP contribution in [0.5, 0.6) is 5.75 Å². The lowest BCUT2D eigenvalue weighted by molar-refractivity contribution is -0.120. The fourth-order valence-corrected chi connectivity index (χ4v) is 4.33. The molecule has 0 saturated heterocycles. The lowest BCUT2D eigenvalue weighted by atomic mass is 10.1. The van der Waals surface area contributed by atoms with Crippen LogP contribution in [0.1, 0.15) is 53.6 Å². The molecule has 4 N–H and O–H groups in total. The Bertz CT molecular complexity index is 1250. The number of thiazole rings is 1. The van der Waals surface area contributed by atoms with E-state index in [9.17, 15) is 9.59 Å². The molecule has 178 valence electrons. The van der Waals surface area contributed by atoms with Gasteiger partial charge in [-0.1, -0.05) is 12.8 Å². The number of ether oxygens (including phenoxy) is 1. The van der Waals surface area contributed by atoms with Crippen molar-refractivity contribution in [2.45, 2.75) is 38.1 Å². The highest BCUT2D eigenvalue weighted by Gasteiger charge is 2.20. The maximum Gasteiger partial charge on any atom is 0.263 e. The molecule has 1 unspecified atom stereocenters. The molecule has 0 bridgehead atoms. The van der Waals surface area contributed by atoms with Crippen molar-refractivity contribution in [2.75, 3.05) is 14.2 Å². The maximum absolute atomic E-state index is 12.7. The van der Waals surface area contributed by atoms with Gasteiger partial charge in [-0.15, -0.1) is 11.3 Å². The summed E-state index contributed by atoms with van der Waals surface area (Å²) < 4.78 is 5.31. The Morgan fingerprint density at radius 3 is 2.76 bits per heavy atom. The molecule has 1 atom stereocenters. The summed E-state index contributed by atoms with van der Waals surface area (Å²) in [6.45, 7) is 0. The van der Waals surface area contributed by atoms with Gasteiger partial charge in [0.05, 0.1) is 42.4 Å². The first kappa shape index (κ1) is 23.5. The van der Waals surface area contributed by atoms with E-state index in [1.54, 1.807) is 32.1 Å². The van der Waals surface area contributed by atoms with E-state index in [0.717, 1.165) is 47.3 Å². The average Bonchev–Trinajstić information content (AvgIpc) is 3.62. The van der Waals surface area contributed by atoms with Gasteiger partial charge in [0.25, 0.3) is 5.91 Å². The summed E-state index contributed by atoms with van der Waals surface area (Å²) in [5, 5.41) is 6.76. The van der Waals surface area contributed by atoms with E-state index < -0.39 is 0 Å². The van der Waals surface area contributed by atoms with Crippen LogP contribution in [0.15, 0.2) is 42.2 Å². The Morgan fingerprint density at radius 2 is 2.00 bits per heavy atom. The summed E-state index contributed by atoms with van der Waals surface area (Å²) in [5.74, 6) is 1.36. The second kappa shape index (κ2) is 11.0. The number of imidazole rings is 1. The van der Waals surface area contributed by atoms with E-state index in [4.69, 9.17) is 4.74 Å². The summed E-state index contributed by atoms with van der Waals surface area (Å²) in [5.41, 5.74) is 4.37. The highest BCUT2D eigenvalue weighted by Crippen LogP contribution is 2.28. The number of nitrogens with one attached hydrogen (secondary N) is 4. The van der Waals surface area contributed by atoms with E-state index in [1.165, 1.54) is 11.3 Å². The number of amides is 2. The van der Waals surface area contributed by atoms with Crippen LogP contribution in [-0.2, 0) is 4.79 Å². The molecule has 0 radical (unpaired) electrons. The Labute approximate surface area is 201 Å². The molecule has 10 heteroatoms. The van der Waals surface area contributed by atoms with Gasteiger partial charge in [0.2, 0.25) is 5.91 Å². The van der Waals surface area contributed by atoms with Gasteiger partial charge in [-0.25, -0.2) is 4.98 Å². The van der Waals surface area contributed by atoms with Crippen LogP contribution in [0.2, 0.25) is 0 Å². The first-order chi connectivity index (χ1) is 16.6. The highest BCUT2D eigenvalue weighted by atomic mass is 32.1. The van der Waals surface area contributed by atoms with Crippen LogP contribution >= 0.6 is 11.3 Å². The Balaban J connectivity index is 1.49. The third kappa shape index (κ3) is 5.63. The normalized spacial score (nSPS) is 11.9. The molecule has 0 aliphatic carbocycles. The number of rotatable bonds is 11. The smallest absolute Gasteiger partial charge is 0.263 e. The molecule has 0 saturated carbocycles. The number of carbonyl (C=O) groups excluding carboxylic acids is 2. The van der Waals surface area contributed by atoms with Gasteiger partial charge in [-0.2, -0.15) is 0 Å². The number of methoxy groups -OCH3 is 1. The molecule has 9 nitrogen and oxygen atoms in total. The highest BCUT2D eigenvalue weighted by molar-refractivity contribution is 7.11. The lowest BCUT2D eigenvalue weighted by Gasteiger charge is -2.16. The maximum atomic E-state index is 12.7. The van der Waals surface area contributed by atoms with Crippen molar-refractivity contribution >= 4 is 34.1 Å². The fraction of sp³-hybridized carbons (Fsp3) is 0.333. The zero-order chi connectivity index (χ0) is 23.9. The van der Waals surface area contributed by atoms with E-state index >= 15 is 0 Å². The second-order valence-corrected chi connectivity index (χ2v) is 8.87. The van der Waals surface area contributed by atoms with Crippen molar-refractivity contribution in [3.05, 3.63) is 52.9 Å². The number of aromatic nitrogens is 4. The van der Waals surface area contributed by atoms with Crippen LogP contribution in [0.3, 0.4) is 0 Å². The van der Waals surface area contributed by atoms with E-state index in [1.807, 2.05) is 24.3 Å². The van der Waals surface area contributed by atoms with Crippen molar-refractivity contribution in [1.82, 2.24) is 30.6 Å². The van der Waals surface area contributed by atoms with Crippen LogP contribution in [-0.4, -0.2) is 45.9 Å². The lowest BCUT2D eigenvalue weighted by Crippen LogP contribution is -2.28. The summed E-state index contributed by atoms with van der Waals surface area (Å²) in [4.78, 5) is 40.1. The predicted octanol–water partition coefficient (Wildman–Crippen LogP) is 4.19. The zero-order valence-electron chi connectivity index (χ0n) is 19.2. The van der Waals surface area contributed by atoms with E-state index in [-0.39, 0.29) is 17.9 Å². The fourth-order valence-electron chi connectivity index (χ4n) is 3.80. The summed E-state index contributed by atoms with van der Waals surface area (Å²) in [6, 6.07) is 7.62. The molecule has 0 aliphatic heterocycles. The minimum atomic E-state index is -0.284. The number of H-pyrrole nitrogens is 2. The molecule has 4 aromatic rings. The Kier molecular flexibility index (Phi) is 7.58. The average molecular weight is 481 g/mol. The molecule has 2 amide bonds. The van der Waals surface area contributed by atoms with Gasteiger partial charge in [0, 0.05) is 24.4 Å². The van der Waals surface area contributed by atoms with Crippen LogP contribution < -0.4 is 15.4 Å². The molecule has 3 heterocycles. The summed E-state index contributed by atoms with van der Waals surface area (Å²) in [6.07, 6.45) is 7.09. The topological polar surface area (TPSA) is 125 Å². The van der Waals surface area contributed by atoms with Crippen LogP contribution in [0.4, 0.5) is 0 Å². The van der Waals surface area contributed by atoms with E-state index in [0.29, 0.717) is 23.5 Å². The molecule has 0 fully saturated rings. The Morgan fingerprint density at radius 1 is 1.12 bits per heavy atom. The van der Waals surface area contributed by atoms with Gasteiger partial charge >= 0.3 is 0 Å². The monoisotopic (exact) mass is 480 g/mol. The molecule has 34 heavy (non-hydrogen) atoms. The third-order valence-corrected chi connectivity index (χ3v) is 6.45. The van der Waals surface area contributed by atoms with Gasteiger partial charge in [0.1, 0.15) is 16.5 Å². The van der Waals surface area contributed by atoms with Crippen molar-refractivity contribution in [3.8, 4) is 17.1 Å². The van der Waals surface area contributed by atoms with Crippen molar-refractivity contribution < 1.29 is 14.3 Å². The first-order valence-electron chi connectivity index (χ1n) is 11.2. The van der Waals surface area contributed by atoms with Crippen molar-refractivity contribution in [1.29, 1.82) is 0 Å². The second-order valence-electron chi connectivity index (χ2n) is 7.98. The van der Waals surface area contributed by atoms with E-state index in [2.05, 4.69) is 30.6 Å². The first-order valence-corrected chi connectivity index (χ1v) is 12.1. The number of unbranched alkanes of at least 4 members (excludes halogenated alkanes) is 2. The minimum absolute atomic E-state index is 0.0432. The summed E-state index contributed by atoms with van der Waals surface area (Å²) >= 11 is 1.30. The molecular weight excluding hydrogens is 452 g/mol. The quantitative estimate of drug-likeness (QED) is 0.240. The number of hydrogen-bond donors (Lipinski definition) is 4. The van der Waals surface area contributed by atoms with Gasteiger partial charge in [-0.05, 0) is 37.1 Å². The molecule has 4 rings (SSSR count). The van der Waals surface area contributed by atoms with Gasteiger partial charge in [-0.3, -0.25) is 14.6 Å². The van der Waals surface area contributed by atoms with Crippen LogP contribution in [0.25, 0.3) is 22.3 Å². The number of fused-ring (bicyclic) bond motifs is 1. The van der Waals surface area contributed by atoms with Gasteiger partial charge < -0.3 is 25.3 Å². The molecule has 0 aliphatic rings. The minimum Gasteiger partial charge on any atom is -0.497 e. The zero-order valence-corrected chi connectivity index (χ0v) is 20.0. The number of carbonyl (C=O) groups is 2. The number of aromatic amines is 2. The third-order valence-electron chi connectivity index (χ3n) is 5.68. The number of nitrogens with zero attached hydrogens (tertiary/aromatic N) is 2.